The van der Waals surface area contributed by atoms with Crippen LogP contribution in [0.4, 0.5) is 0 Å². The van der Waals surface area contributed by atoms with Crippen molar-refractivity contribution >= 4 is 5.97 Å². The van der Waals surface area contributed by atoms with Crippen LogP contribution in [0.1, 0.15) is 42.6 Å². The van der Waals surface area contributed by atoms with Crippen molar-refractivity contribution in [2.24, 2.45) is 0 Å². The molecule has 0 aliphatic heterocycles. The van der Waals surface area contributed by atoms with Crippen LogP contribution in [-0.2, 0) is 17.6 Å². The van der Waals surface area contributed by atoms with Crippen molar-refractivity contribution in [3.63, 3.8) is 0 Å². The van der Waals surface area contributed by atoms with Gasteiger partial charge in [0.05, 0.1) is 12.5 Å². The van der Waals surface area contributed by atoms with Crippen molar-refractivity contribution in [2.75, 3.05) is 6.54 Å². The summed E-state index contributed by atoms with van der Waals surface area (Å²) in [5.74, 6) is -0.827. The molecule has 0 amide bonds. The predicted octanol–water partition coefficient (Wildman–Crippen LogP) is 1.66. The minimum atomic E-state index is -0.827. The van der Waals surface area contributed by atoms with Gasteiger partial charge in [-0.25, -0.2) is 0 Å². The maximum atomic E-state index is 10.4. The zero-order valence-corrected chi connectivity index (χ0v) is 11.2. The van der Waals surface area contributed by atoms with Gasteiger partial charge in [0.1, 0.15) is 0 Å². The number of aliphatic hydroxyl groups is 1. The van der Waals surface area contributed by atoms with Crippen molar-refractivity contribution in [2.45, 2.75) is 44.8 Å². The third kappa shape index (κ3) is 3.55. The quantitative estimate of drug-likeness (QED) is 0.730. The Balaban J connectivity index is 1.94. The van der Waals surface area contributed by atoms with Crippen molar-refractivity contribution < 1.29 is 15.0 Å². The van der Waals surface area contributed by atoms with Gasteiger partial charge >= 0.3 is 5.97 Å². The summed E-state index contributed by atoms with van der Waals surface area (Å²) in [6.45, 7) is 2.25. The summed E-state index contributed by atoms with van der Waals surface area (Å²) < 4.78 is 0. The molecule has 19 heavy (non-hydrogen) atoms. The van der Waals surface area contributed by atoms with Crippen molar-refractivity contribution in [3.8, 4) is 0 Å². The summed E-state index contributed by atoms with van der Waals surface area (Å²) in [4.78, 5) is 10.4. The van der Waals surface area contributed by atoms with E-state index in [-0.39, 0.29) is 12.5 Å². The molecule has 1 aromatic carbocycles. The molecule has 0 saturated carbocycles. The minimum absolute atomic E-state index is 0.0707. The summed E-state index contributed by atoms with van der Waals surface area (Å²) in [6, 6.07) is 6.01. The van der Waals surface area contributed by atoms with Gasteiger partial charge in [-0.05, 0) is 42.9 Å². The number of carbonyl (C=O) groups is 1. The first-order valence-electron chi connectivity index (χ1n) is 6.83. The Morgan fingerprint density at radius 2 is 2.11 bits per heavy atom. The third-order valence-electron chi connectivity index (χ3n) is 3.74. The van der Waals surface area contributed by atoms with E-state index in [1.165, 1.54) is 17.5 Å². The summed E-state index contributed by atoms with van der Waals surface area (Å²) in [5.41, 5.74) is 3.65. The van der Waals surface area contributed by atoms with Crippen LogP contribution in [0, 0.1) is 0 Å². The van der Waals surface area contributed by atoms with Crippen LogP contribution in [0.2, 0.25) is 0 Å². The number of nitrogens with one attached hydrogen (secondary N) is 1. The number of rotatable bonds is 6. The first kappa shape index (κ1) is 14.0. The largest absolute Gasteiger partial charge is 0.481 e. The van der Waals surface area contributed by atoms with E-state index in [1.54, 1.807) is 0 Å². The standard InChI is InChI=1S/C15H21NO3/c1-10(16-8-7-14(17)18)15(19)13-6-5-11-3-2-4-12(11)9-13/h5-6,9-10,15-16,19H,2-4,7-8H2,1H3,(H,17,18). The van der Waals surface area contributed by atoms with Crippen LogP contribution in [0.25, 0.3) is 0 Å². The number of aryl methyl sites for hydroxylation is 2. The fourth-order valence-corrected chi connectivity index (χ4v) is 2.58. The first-order valence-corrected chi connectivity index (χ1v) is 6.83. The van der Waals surface area contributed by atoms with Gasteiger partial charge in [-0.2, -0.15) is 0 Å². The van der Waals surface area contributed by atoms with Gasteiger partial charge in [0.15, 0.2) is 0 Å². The maximum absolute atomic E-state index is 10.4. The molecule has 1 aliphatic rings. The van der Waals surface area contributed by atoms with E-state index in [1.807, 2.05) is 13.0 Å². The van der Waals surface area contributed by atoms with E-state index >= 15 is 0 Å². The number of hydrogen-bond donors (Lipinski definition) is 3. The monoisotopic (exact) mass is 263 g/mol. The van der Waals surface area contributed by atoms with Crippen LogP contribution in [0.5, 0.6) is 0 Å². The van der Waals surface area contributed by atoms with Gasteiger partial charge in [-0.3, -0.25) is 4.79 Å². The molecule has 0 fully saturated rings. The minimum Gasteiger partial charge on any atom is -0.481 e. The highest BCUT2D eigenvalue weighted by atomic mass is 16.4. The molecule has 0 spiro atoms. The van der Waals surface area contributed by atoms with Crippen molar-refractivity contribution in [1.29, 1.82) is 0 Å². The lowest BCUT2D eigenvalue weighted by molar-refractivity contribution is -0.136. The number of aliphatic carboxylic acids is 1. The Morgan fingerprint density at radius 1 is 1.37 bits per heavy atom. The van der Waals surface area contributed by atoms with Crippen molar-refractivity contribution in [1.82, 2.24) is 5.32 Å². The van der Waals surface area contributed by atoms with Crippen molar-refractivity contribution in [3.05, 3.63) is 34.9 Å². The van der Waals surface area contributed by atoms with E-state index in [2.05, 4.69) is 17.4 Å². The lowest BCUT2D eigenvalue weighted by atomic mass is 9.99. The Kier molecular flexibility index (Phi) is 4.56. The molecule has 0 radical (unpaired) electrons. The Hall–Kier alpha value is -1.39. The molecule has 0 saturated heterocycles. The highest BCUT2D eigenvalue weighted by Gasteiger charge is 2.18. The lowest BCUT2D eigenvalue weighted by Gasteiger charge is -2.21. The smallest absolute Gasteiger partial charge is 0.304 e. The maximum Gasteiger partial charge on any atom is 0.304 e. The van der Waals surface area contributed by atoms with E-state index in [0.29, 0.717) is 6.54 Å². The molecule has 3 N–H and O–H groups in total. The highest BCUT2D eigenvalue weighted by Crippen LogP contribution is 2.26. The van der Waals surface area contributed by atoms with Gasteiger partial charge in [-0.15, -0.1) is 0 Å². The highest BCUT2D eigenvalue weighted by molar-refractivity contribution is 5.66. The van der Waals surface area contributed by atoms with E-state index < -0.39 is 12.1 Å². The number of carboxylic acid groups (broad SMARTS) is 1. The van der Waals surface area contributed by atoms with Gasteiger partial charge in [0.25, 0.3) is 0 Å². The van der Waals surface area contributed by atoms with Crippen LogP contribution in [0.15, 0.2) is 18.2 Å². The molecule has 0 aromatic heterocycles. The topological polar surface area (TPSA) is 69.6 Å². The molecular formula is C15H21NO3. The molecular weight excluding hydrogens is 242 g/mol. The van der Waals surface area contributed by atoms with Gasteiger partial charge in [0.2, 0.25) is 0 Å². The number of carboxylic acids is 1. The van der Waals surface area contributed by atoms with E-state index in [0.717, 1.165) is 18.4 Å². The number of aliphatic hydroxyl groups excluding tert-OH is 1. The third-order valence-corrected chi connectivity index (χ3v) is 3.74. The average molecular weight is 263 g/mol. The second-order valence-corrected chi connectivity index (χ2v) is 5.21. The molecule has 2 atom stereocenters. The first-order chi connectivity index (χ1) is 9.08. The molecule has 0 bridgehead atoms. The summed E-state index contributed by atoms with van der Waals surface area (Å²) in [7, 11) is 0. The molecule has 1 aromatic rings. The average Bonchev–Trinajstić information content (AvgIpc) is 2.84. The Morgan fingerprint density at radius 3 is 2.84 bits per heavy atom. The predicted molar refractivity (Wildman–Crippen MR) is 73.1 cm³/mol. The SMILES string of the molecule is CC(NCCC(=O)O)C(O)c1ccc2c(c1)CCC2. The lowest BCUT2D eigenvalue weighted by Crippen LogP contribution is -2.33. The zero-order valence-electron chi connectivity index (χ0n) is 11.2. The van der Waals surface area contributed by atoms with E-state index in [9.17, 15) is 9.90 Å². The molecule has 2 rings (SSSR count). The summed E-state index contributed by atoms with van der Waals surface area (Å²) in [5, 5.41) is 21.9. The zero-order chi connectivity index (χ0) is 13.8. The molecule has 104 valence electrons. The molecule has 4 nitrogen and oxygen atoms in total. The van der Waals surface area contributed by atoms with Crippen LogP contribution >= 0.6 is 0 Å². The summed E-state index contributed by atoms with van der Waals surface area (Å²) >= 11 is 0. The molecule has 0 heterocycles. The molecule has 4 heteroatoms. The number of fused-ring (bicyclic) bond motifs is 1. The molecule has 2 unspecified atom stereocenters. The second-order valence-electron chi connectivity index (χ2n) is 5.21. The molecule has 1 aliphatic carbocycles. The van der Waals surface area contributed by atoms with Gasteiger partial charge in [0, 0.05) is 12.6 Å². The summed E-state index contributed by atoms with van der Waals surface area (Å²) in [6.07, 6.45) is 2.90. The van der Waals surface area contributed by atoms with Gasteiger partial charge in [-0.1, -0.05) is 18.2 Å². The Labute approximate surface area is 113 Å². The van der Waals surface area contributed by atoms with E-state index in [4.69, 9.17) is 5.11 Å². The fourth-order valence-electron chi connectivity index (χ4n) is 2.58. The van der Waals surface area contributed by atoms with Crippen LogP contribution in [0.3, 0.4) is 0 Å². The Bertz CT molecular complexity index is 459. The van der Waals surface area contributed by atoms with Crippen LogP contribution < -0.4 is 5.32 Å². The number of hydrogen-bond acceptors (Lipinski definition) is 3. The second kappa shape index (κ2) is 6.17. The van der Waals surface area contributed by atoms with Crippen LogP contribution in [-0.4, -0.2) is 28.8 Å². The fraction of sp³-hybridized carbons (Fsp3) is 0.533. The number of benzene rings is 1. The van der Waals surface area contributed by atoms with Gasteiger partial charge < -0.3 is 15.5 Å². The normalized spacial score (nSPS) is 16.9.